The van der Waals surface area contributed by atoms with Crippen LogP contribution in [0.2, 0.25) is 0 Å². The first-order valence-electron chi connectivity index (χ1n) is 3.97. The molecule has 0 spiro atoms. The summed E-state index contributed by atoms with van der Waals surface area (Å²) in [6, 6.07) is 8.46. The lowest BCUT2D eigenvalue weighted by Gasteiger charge is -1.99. The molecule has 1 aliphatic heterocycles. The average Bonchev–Trinajstić information content (AvgIpc) is 2.25. The molecule has 60 valence electrons. The van der Waals surface area contributed by atoms with E-state index in [4.69, 9.17) is 0 Å². The standard InChI is InChI=1S/C11H10S/c1-9-6-7-12-11-5-3-2-4-10(11)8-9/h2-8H,1H3. The second kappa shape index (κ2) is 3.20. The highest BCUT2D eigenvalue weighted by Gasteiger charge is 2.00. The molecule has 1 aromatic rings. The van der Waals surface area contributed by atoms with E-state index < -0.39 is 0 Å². The van der Waals surface area contributed by atoms with Gasteiger partial charge in [-0.2, -0.15) is 0 Å². The van der Waals surface area contributed by atoms with Crippen LogP contribution in [0, 0.1) is 0 Å². The average molecular weight is 174 g/mol. The molecule has 1 aliphatic rings. The van der Waals surface area contributed by atoms with Gasteiger partial charge in [0, 0.05) is 4.90 Å². The highest BCUT2D eigenvalue weighted by Crippen LogP contribution is 2.28. The quantitative estimate of drug-likeness (QED) is 0.577. The second-order valence-electron chi connectivity index (χ2n) is 2.85. The van der Waals surface area contributed by atoms with Crippen LogP contribution in [0.3, 0.4) is 0 Å². The number of rotatable bonds is 0. The Kier molecular flexibility index (Phi) is 2.05. The number of hydrogen-bond acceptors (Lipinski definition) is 1. The lowest BCUT2D eigenvalue weighted by molar-refractivity contribution is 1.42. The molecule has 0 aliphatic carbocycles. The summed E-state index contributed by atoms with van der Waals surface area (Å²) in [5.41, 5.74) is 2.64. The van der Waals surface area contributed by atoms with Crippen molar-refractivity contribution in [3.05, 3.63) is 46.9 Å². The van der Waals surface area contributed by atoms with Crippen LogP contribution in [-0.4, -0.2) is 0 Å². The smallest absolute Gasteiger partial charge is 0.0188 e. The van der Waals surface area contributed by atoms with Crippen molar-refractivity contribution >= 4 is 17.8 Å². The van der Waals surface area contributed by atoms with Gasteiger partial charge in [0.15, 0.2) is 0 Å². The van der Waals surface area contributed by atoms with E-state index in [1.165, 1.54) is 16.0 Å². The number of allylic oxidation sites excluding steroid dienone is 2. The molecule has 0 saturated carbocycles. The molecule has 1 aromatic carbocycles. The fraction of sp³-hybridized carbons (Fsp3) is 0.0909. The van der Waals surface area contributed by atoms with Gasteiger partial charge in [-0.25, -0.2) is 0 Å². The van der Waals surface area contributed by atoms with Gasteiger partial charge in [0.25, 0.3) is 0 Å². The van der Waals surface area contributed by atoms with Gasteiger partial charge in [0.05, 0.1) is 0 Å². The first-order valence-corrected chi connectivity index (χ1v) is 4.85. The maximum atomic E-state index is 2.21. The summed E-state index contributed by atoms with van der Waals surface area (Å²) in [7, 11) is 0. The third-order valence-corrected chi connectivity index (χ3v) is 2.73. The number of benzene rings is 1. The number of fused-ring (bicyclic) bond motifs is 1. The number of hydrogen-bond donors (Lipinski definition) is 0. The van der Waals surface area contributed by atoms with E-state index in [2.05, 4.69) is 48.7 Å². The normalized spacial score (nSPS) is 14.9. The predicted molar refractivity (Wildman–Crippen MR) is 55.1 cm³/mol. The molecule has 12 heavy (non-hydrogen) atoms. The van der Waals surface area contributed by atoms with Gasteiger partial charge >= 0.3 is 0 Å². The highest BCUT2D eigenvalue weighted by atomic mass is 32.2. The molecule has 0 fully saturated rings. The van der Waals surface area contributed by atoms with Crippen LogP contribution in [0.1, 0.15) is 12.5 Å². The van der Waals surface area contributed by atoms with Crippen molar-refractivity contribution in [3.8, 4) is 0 Å². The predicted octanol–water partition coefficient (Wildman–Crippen LogP) is 3.71. The molecule has 0 radical (unpaired) electrons. The first-order chi connectivity index (χ1) is 5.86. The Hall–Kier alpha value is -0.950. The van der Waals surface area contributed by atoms with E-state index in [0.29, 0.717) is 0 Å². The zero-order valence-corrected chi connectivity index (χ0v) is 7.77. The van der Waals surface area contributed by atoms with Crippen molar-refractivity contribution in [2.45, 2.75) is 11.8 Å². The van der Waals surface area contributed by atoms with E-state index in [9.17, 15) is 0 Å². The number of thioether (sulfide) groups is 1. The molecule has 2 rings (SSSR count). The SMILES string of the molecule is CC1=Cc2ccccc2SC=C1. The summed E-state index contributed by atoms with van der Waals surface area (Å²) in [6.45, 7) is 2.12. The minimum Gasteiger partial charge on any atom is -0.0974 e. The molecule has 0 aromatic heterocycles. The lowest BCUT2D eigenvalue weighted by Crippen LogP contribution is -1.75. The minimum atomic E-state index is 1.31. The van der Waals surface area contributed by atoms with Gasteiger partial charge in [-0.3, -0.25) is 0 Å². The molecule has 0 atom stereocenters. The van der Waals surface area contributed by atoms with Crippen LogP contribution in [-0.2, 0) is 0 Å². The maximum Gasteiger partial charge on any atom is 0.0188 e. The molecule has 0 saturated heterocycles. The van der Waals surface area contributed by atoms with Crippen LogP contribution >= 0.6 is 11.8 Å². The van der Waals surface area contributed by atoms with E-state index in [-0.39, 0.29) is 0 Å². The largest absolute Gasteiger partial charge is 0.0974 e. The Balaban J connectivity index is 2.54. The van der Waals surface area contributed by atoms with Crippen molar-refractivity contribution in [3.63, 3.8) is 0 Å². The Bertz CT molecular complexity index is 348. The molecule has 0 bridgehead atoms. The minimum absolute atomic E-state index is 1.31. The Morgan fingerprint density at radius 2 is 2.00 bits per heavy atom. The molecule has 1 heteroatoms. The van der Waals surface area contributed by atoms with Crippen LogP contribution < -0.4 is 0 Å². The monoisotopic (exact) mass is 174 g/mol. The lowest BCUT2D eigenvalue weighted by atomic mass is 10.1. The topological polar surface area (TPSA) is 0 Å². The van der Waals surface area contributed by atoms with Gasteiger partial charge in [-0.05, 0) is 29.5 Å². The van der Waals surface area contributed by atoms with E-state index in [1.54, 1.807) is 11.8 Å². The Morgan fingerprint density at radius 1 is 1.17 bits per heavy atom. The van der Waals surface area contributed by atoms with Crippen LogP contribution in [0.4, 0.5) is 0 Å². The second-order valence-corrected chi connectivity index (χ2v) is 3.79. The van der Waals surface area contributed by atoms with Crippen molar-refractivity contribution < 1.29 is 0 Å². The van der Waals surface area contributed by atoms with Crippen LogP contribution in [0.15, 0.2) is 46.2 Å². The fourth-order valence-corrected chi connectivity index (χ4v) is 2.06. The summed E-state index contributed by atoms with van der Waals surface area (Å²) >= 11 is 1.78. The zero-order chi connectivity index (χ0) is 8.39. The van der Waals surface area contributed by atoms with E-state index in [1.807, 2.05) is 0 Å². The van der Waals surface area contributed by atoms with Crippen molar-refractivity contribution in [1.82, 2.24) is 0 Å². The fourth-order valence-electron chi connectivity index (χ4n) is 1.22. The van der Waals surface area contributed by atoms with Gasteiger partial charge in [0.1, 0.15) is 0 Å². The van der Waals surface area contributed by atoms with E-state index >= 15 is 0 Å². The molecule has 0 N–H and O–H groups in total. The van der Waals surface area contributed by atoms with E-state index in [0.717, 1.165) is 0 Å². The molecule has 1 heterocycles. The molecule has 0 amide bonds. The van der Waals surface area contributed by atoms with Gasteiger partial charge in [0.2, 0.25) is 0 Å². The molecular weight excluding hydrogens is 164 g/mol. The van der Waals surface area contributed by atoms with Crippen LogP contribution in [0.25, 0.3) is 6.08 Å². The summed E-state index contributed by atoms with van der Waals surface area (Å²) < 4.78 is 0. The molecule has 0 unspecified atom stereocenters. The third-order valence-electron chi connectivity index (χ3n) is 1.83. The van der Waals surface area contributed by atoms with Crippen molar-refractivity contribution in [2.75, 3.05) is 0 Å². The van der Waals surface area contributed by atoms with Gasteiger partial charge in [-0.1, -0.05) is 42.1 Å². The van der Waals surface area contributed by atoms with Gasteiger partial charge in [-0.15, -0.1) is 0 Å². The molecule has 0 nitrogen and oxygen atoms in total. The Morgan fingerprint density at radius 3 is 2.92 bits per heavy atom. The zero-order valence-electron chi connectivity index (χ0n) is 6.95. The summed E-state index contributed by atoms with van der Waals surface area (Å²) in [5.74, 6) is 0. The summed E-state index contributed by atoms with van der Waals surface area (Å²) in [4.78, 5) is 1.34. The van der Waals surface area contributed by atoms with Crippen molar-refractivity contribution in [1.29, 1.82) is 0 Å². The first kappa shape index (κ1) is 7.69. The third kappa shape index (κ3) is 1.46. The maximum absolute atomic E-state index is 2.21. The van der Waals surface area contributed by atoms with Crippen molar-refractivity contribution in [2.24, 2.45) is 0 Å². The summed E-state index contributed by atoms with van der Waals surface area (Å²) in [5, 5.41) is 2.14. The molecular formula is C11H10S. The highest BCUT2D eigenvalue weighted by molar-refractivity contribution is 8.02. The van der Waals surface area contributed by atoms with Crippen LogP contribution in [0.5, 0.6) is 0 Å². The van der Waals surface area contributed by atoms with Gasteiger partial charge < -0.3 is 0 Å². The summed E-state index contributed by atoms with van der Waals surface area (Å²) in [6.07, 6.45) is 4.36. The Labute approximate surface area is 77.0 Å².